The van der Waals surface area contributed by atoms with Crippen molar-refractivity contribution >= 4 is 16.2 Å². The molecule has 1 unspecified atom stereocenters. The van der Waals surface area contributed by atoms with E-state index >= 15 is 0 Å². The molecular formula is C28H49N5O4S. The molecule has 4 aliphatic rings. The fraction of sp³-hybridized carbons (Fsp3) is 0.929. The highest BCUT2D eigenvalue weighted by molar-refractivity contribution is 7.90. The molecule has 4 aliphatic carbocycles. The Morgan fingerprint density at radius 1 is 1.08 bits per heavy atom. The third kappa shape index (κ3) is 4.51. The molecule has 0 aromatic carbocycles. The third-order valence-corrected chi connectivity index (χ3v) is 13.3. The molecule has 1 aromatic rings. The minimum absolute atomic E-state index is 0.0771. The first kappa shape index (κ1) is 28.3. The Balaban J connectivity index is 1.33. The topological polar surface area (TPSA) is 131 Å². The van der Waals surface area contributed by atoms with Crippen LogP contribution in [0.3, 0.4) is 0 Å². The number of hydrogen-bond acceptors (Lipinski definition) is 6. The number of aliphatic hydroxyl groups excluding tert-OH is 2. The number of aromatic amines is 1. The zero-order valence-electron chi connectivity index (χ0n) is 24.0. The maximum atomic E-state index is 12.1. The van der Waals surface area contributed by atoms with E-state index in [2.05, 4.69) is 47.6 Å². The largest absolute Gasteiger partial charge is 0.393 e. The Hall–Kier alpha value is -1.23. The summed E-state index contributed by atoms with van der Waals surface area (Å²) < 4.78 is 27.8. The summed E-state index contributed by atoms with van der Waals surface area (Å²) in [5.74, 6) is 3.74. The molecule has 0 amide bonds. The second kappa shape index (κ2) is 10.00. The summed E-state index contributed by atoms with van der Waals surface area (Å²) in [6.45, 7) is 9.48. The molecule has 4 N–H and O–H groups in total. The molecule has 4 fully saturated rings. The number of aliphatic hydroxyl groups is 2. The van der Waals surface area contributed by atoms with Gasteiger partial charge in [0.25, 0.3) is 5.95 Å². The van der Waals surface area contributed by atoms with E-state index in [0.29, 0.717) is 41.3 Å². The first-order chi connectivity index (χ1) is 17.8. The van der Waals surface area contributed by atoms with Crippen LogP contribution in [0.2, 0.25) is 0 Å². The molecule has 0 bridgehead atoms. The maximum Gasteiger partial charge on any atom is 0.303 e. The Bertz CT molecular complexity index is 1110. The summed E-state index contributed by atoms with van der Waals surface area (Å²) in [7, 11) is -0.714. The maximum absolute atomic E-state index is 12.1. The molecule has 1 heterocycles. The van der Waals surface area contributed by atoms with Crippen molar-refractivity contribution < 1.29 is 18.6 Å². The van der Waals surface area contributed by atoms with Crippen molar-refractivity contribution in [1.82, 2.24) is 19.5 Å². The molecule has 1 aromatic heterocycles. The van der Waals surface area contributed by atoms with Gasteiger partial charge in [-0.05, 0) is 97.2 Å². The highest BCUT2D eigenvalue weighted by Gasteiger charge is 2.64. The van der Waals surface area contributed by atoms with Crippen molar-refractivity contribution in [2.45, 2.75) is 97.7 Å². The molecule has 4 saturated carbocycles. The summed E-state index contributed by atoms with van der Waals surface area (Å²) in [6, 6.07) is 0. The monoisotopic (exact) mass is 551 g/mol. The molecule has 0 aliphatic heterocycles. The number of nitrogens with one attached hydrogen (secondary N) is 2. The highest BCUT2D eigenvalue weighted by atomic mass is 32.2. The van der Waals surface area contributed by atoms with Crippen LogP contribution in [-0.4, -0.2) is 64.4 Å². The number of fused-ring (bicyclic) bond motifs is 5. The highest BCUT2D eigenvalue weighted by Crippen LogP contribution is 2.69. The van der Waals surface area contributed by atoms with E-state index in [4.69, 9.17) is 0 Å². The second-order valence-electron chi connectivity index (χ2n) is 13.8. The van der Waals surface area contributed by atoms with Crippen LogP contribution in [0.15, 0.2) is 0 Å². The third-order valence-electron chi connectivity index (χ3n) is 11.9. The molecule has 11 atom stereocenters. The number of rotatable bonds is 7. The van der Waals surface area contributed by atoms with Crippen molar-refractivity contribution in [3.63, 3.8) is 0 Å². The second-order valence-corrected chi connectivity index (χ2v) is 15.7. The fourth-order valence-corrected chi connectivity index (χ4v) is 10.5. The van der Waals surface area contributed by atoms with Gasteiger partial charge in [-0.2, -0.15) is 17.7 Å². The van der Waals surface area contributed by atoms with E-state index in [-0.39, 0.29) is 34.9 Å². The Morgan fingerprint density at radius 3 is 2.45 bits per heavy atom. The van der Waals surface area contributed by atoms with E-state index in [1.54, 1.807) is 0 Å². The smallest absolute Gasteiger partial charge is 0.303 e. The van der Waals surface area contributed by atoms with Gasteiger partial charge in [0.15, 0.2) is 0 Å². The lowest BCUT2D eigenvalue weighted by Gasteiger charge is -2.64. The molecule has 9 nitrogen and oxygen atoms in total. The minimum Gasteiger partial charge on any atom is -0.393 e. The van der Waals surface area contributed by atoms with Gasteiger partial charge in [-0.3, -0.25) is 5.10 Å². The minimum atomic E-state index is -3.65. The quantitative estimate of drug-likeness (QED) is 0.407. The Morgan fingerprint density at radius 2 is 1.76 bits per heavy atom. The van der Waals surface area contributed by atoms with Gasteiger partial charge < -0.3 is 10.2 Å². The van der Waals surface area contributed by atoms with Crippen molar-refractivity contribution in [1.29, 1.82) is 0 Å². The normalized spacial score (nSPS) is 43.8. The van der Waals surface area contributed by atoms with Crippen molar-refractivity contribution in [2.75, 3.05) is 18.8 Å². The van der Waals surface area contributed by atoms with Gasteiger partial charge >= 0.3 is 10.2 Å². The van der Waals surface area contributed by atoms with Crippen molar-refractivity contribution in [2.24, 2.45) is 52.3 Å². The number of nitrogens with zero attached hydrogens (tertiary/aromatic N) is 3. The van der Waals surface area contributed by atoms with Crippen LogP contribution in [0.5, 0.6) is 0 Å². The summed E-state index contributed by atoms with van der Waals surface area (Å²) in [6.07, 6.45) is 8.69. The van der Waals surface area contributed by atoms with E-state index < -0.39 is 10.2 Å². The van der Waals surface area contributed by atoms with E-state index in [0.717, 1.165) is 55.7 Å². The molecule has 216 valence electrons. The standard InChI is InChI=1S/C28H49N5O4S/c1-7-18-22-15-17(34)10-12-28(22,4)21-11-13-27(3)19(8-9-20(27)24(21)25(18)35)16(2)14-23-29-26(31-30-23)32-38(36,37)33(5)6/h16-22,24-25,34-35H,7-15H2,1-6H3,(H2,29,30,31,32)/t16-,17-,18-,19-,20+,21+,22+,24+,25-,27?,28-/m1/s1. The van der Waals surface area contributed by atoms with Gasteiger partial charge in [-0.25, -0.2) is 4.72 Å². The van der Waals surface area contributed by atoms with Gasteiger partial charge in [0, 0.05) is 20.5 Å². The van der Waals surface area contributed by atoms with Crippen molar-refractivity contribution in [3.8, 4) is 0 Å². The summed E-state index contributed by atoms with van der Waals surface area (Å²) >= 11 is 0. The predicted octanol–water partition coefficient (Wildman–Crippen LogP) is 3.83. The van der Waals surface area contributed by atoms with Gasteiger partial charge in [-0.1, -0.05) is 34.1 Å². The number of H-pyrrole nitrogens is 1. The molecule has 5 rings (SSSR count). The van der Waals surface area contributed by atoms with E-state index in [1.165, 1.54) is 20.5 Å². The van der Waals surface area contributed by atoms with Gasteiger partial charge in [0.2, 0.25) is 0 Å². The van der Waals surface area contributed by atoms with Crippen LogP contribution in [0.1, 0.15) is 84.9 Å². The lowest BCUT2D eigenvalue weighted by atomic mass is 9.41. The first-order valence-corrected chi connectivity index (χ1v) is 16.2. The van der Waals surface area contributed by atoms with Crippen LogP contribution < -0.4 is 4.72 Å². The van der Waals surface area contributed by atoms with Crippen LogP contribution in [0.4, 0.5) is 5.95 Å². The average molecular weight is 552 g/mol. The molecule has 0 saturated heterocycles. The van der Waals surface area contributed by atoms with Crippen molar-refractivity contribution in [3.05, 3.63) is 5.82 Å². The van der Waals surface area contributed by atoms with Crippen LogP contribution in [0.25, 0.3) is 0 Å². The summed E-state index contributed by atoms with van der Waals surface area (Å²) in [5, 5.41) is 29.4. The van der Waals surface area contributed by atoms with Crippen LogP contribution >= 0.6 is 0 Å². The van der Waals surface area contributed by atoms with Gasteiger partial charge in [-0.15, -0.1) is 5.10 Å². The molecule has 0 radical (unpaired) electrons. The number of hydrogen-bond donors (Lipinski definition) is 4. The molecule has 38 heavy (non-hydrogen) atoms. The Kier molecular flexibility index (Phi) is 7.45. The van der Waals surface area contributed by atoms with Crippen LogP contribution in [-0.2, 0) is 16.6 Å². The van der Waals surface area contributed by atoms with Gasteiger partial charge in [0.05, 0.1) is 12.2 Å². The molecule has 10 heteroatoms. The summed E-state index contributed by atoms with van der Waals surface area (Å²) in [5.41, 5.74) is 0.386. The van der Waals surface area contributed by atoms with E-state index in [1.807, 2.05) is 0 Å². The zero-order chi connectivity index (χ0) is 27.6. The summed E-state index contributed by atoms with van der Waals surface area (Å²) in [4.78, 5) is 4.43. The predicted molar refractivity (Wildman–Crippen MR) is 147 cm³/mol. The average Bonchev–Trinajstić information content (AvgIpc) is 3.43. The number of aromatic nitrogens is 3. The SMILES string of the molecule is CC[C@H]1[C@@H](O)[C@H]2[C@@H]3CC[C@H]([C@H](C)Cc4nc(NS(=O)(=O)N(C)C)n[nH]4)C3(C)CC[C@@H]2[C@@]2(C)CC[C@@H](O)C[C@@H]12. The molecule has 0 spiro atoms. The number of anilines is 1. The first-order valence-electron chi connectivity index (χ1n) is 14.8. The zero-order valence-corrected chi connectivity index (χ0v) is 24.8. The van der Waals surface area contributed by atoms with E-state index in [9.17, 15) is 18.6 Å². The lowest BCUT2D eigenvalue weighted by molar-refractivity contribution is -0.203. The lowest BCUT2D eigenvalue weighted by Crippen LogP contribution is -2.62. The fourth-order valence-electron chi connectivity index (χ4n) is 10.0. The van der Waals surface area contributed by atoms with Crippen LogP contribution in [0, 0.1) is 52.3 Å². The van der Waals surface area contributed by atoms with Gasteiger partial charge in [0.1, 0.15) is 5.82 Å². The Labute approximate surface area is 228 Å². The molecular weight excluding hydrogens is 502 g/mol.